The van der Waals surface area contributed by atoms with Gasteiger partial charge in [0.2, 0.25) is 5.91 Å². The van der Waals surface area contributed by atoms with Gasteiger partial charge in [0.25, 0.3) is 0 Å². The Hall–Kier alpha value is -1.05. The van der Waals surface area contributed by atoms with E-state index in [0.717, 1.165) is 49.1 Å². The Morgan fingerprint density at radius 1 is 0.971 bits per heavy atom. The summed E-state index contributed by atoms with van der Waals surface area (Å²) < 4.78 is 5.56. The summed E-state index contributed by atoms with van der Waals surface area (Å²) in [6, 6.07) is 16.2. The Balaban J connectivity index is 0.00000216. The van der Waals surface area contributed by atoms with Gasteiger partial charge in [-0.1, -0.05) is 47.5 Å². The van der Waals surface area contributed by atoms with Crippen LogP contribution in [-0.2, 0) is 9.53 Å². The predicted molar refractivity (Wildman–Crippen MR) is 148 cm³/mol. The lowest BCUT2D eigenvalue weighted by atomic mass is 9.93. The molecule has 2 aliphatic heterocycles. The number of nitrogens with one attached hydrogen (secondary N) is 1. The van der Waals surface area contributed by atoms with E-state index in [-0.39, 0.29) is 42.8 Å². The summed E-state index contributed by atoms with van der Waals surface area (Å²) in [4.78, 5) is 17.8. The summed E-state index contributed by atoms with van der Waals surface area (Å²) >= 11 is 12.3. The molecule has 9 heteroatoms. The third-order valence-electron chi connectivity index (χ3n) is 6.85. The monoisotopic (exact) mass is 561 g/mol. The van der Waals surface area contributed by atoms with E-state index in [0.29, 0.717) is 25.5 Å². The van der Waals surface area contributed by atoms with Crippen molar-refractivity contribution in [3.63, 3.8) is 0 Å². The molecule has 2 aliphatic rings. The van der Waals surface area contributed by atoms with Crippen molar-refractivity contribution >= 4 is 53.9 Å². The minimum atomic E-state index is 0. The highest BCUT2D eigenvalue weighted by Crippen LogP contribution is 2.32. The summed E-state index contributed by atoms with van der Waals surface area (Å²) in [5, 5.41) is 4.83. The van der Waals surface area contributed by atoms with Crippen LogP contribution in [0, 0.1) is 5.92 Å². The summed E-state index contributed by atoms with van der Waals surface area (Å²) in [7, 11) is 1.71. The number of carbonyl (C=O) groups excluding carboxylic acids is 1. The van der Waals surface area contributed by atoms with E-state index >= 15 is 0 Å². The zero-order chi connectivity index (χ0) is 23.2. The third kappa shape index (κ3) is 7.96. The number of nitrogens with zero attached hydrogens (tertiary/aromatic N) is 2. The van der Waals surface area contributed by atoms with Crippen LogP contribution in [0.3, 0.4) is 0 Å². The summed E-state index contributed by atoms with van der Waals surface area (Å²) in [6.45, 7) is 4.81. The van der Waals surface area contributed by atoms with Crippen molar-refractivity contribution in [1.29, 1.82) is 0 Å². The summed E-state index contributed by atoms with van der Waals surface area (Å²) in [5.74, 6) is 0.744. The Bertz CT molecular complexity index is 862. The molecule has 0 saturated carbocycles. The number of rotatable bonds is 7. The Morgan fingerprint density at radius 3 is 2.03 bits per heavy atom. The predicted octanol–water partition coefficient (Wildman–Crippen LogP) is 5.48. The van der Waals surface area contributed by atoms with Gasteiger partial charge in [-0.3, -0.25) is 9.69 Å². The molecule has 35 heavy (non-hydrogen) atoms. The van der Waals surface area contributed by atoms with Crippen LogP contribution in [0.4, 0.5) is 0 Å². The number of hydrogen-bond donors (Lipinski definition) is 1. The topological polar surface area (TPSA) is 44.8 Å². The fraction of sp³-hybridized carbons (Fsp3) is 0.500. The second-order valence-corrected chi connectivity index (χ2v) is 9.97. The van der Waals surface area contributed by atoms with Gasteiger partial charge in [-0.25, -0.2) is 0 Å². The first-order chi connectivity index (χ1) is 16.0. The molecule has 0 spiro atoms. The second-order valence-electron chi connectivity index (χ2n) is 9.09. The van der Waals surface area contributed by atoms with E-state index in [1.165, 1.54) is 11.1 Å². The zero-order valence-electron chi connectivity index (χ0n) is 20.0. The van der Waals surface area contributed by atoms with Crippen molar-refractivity contribution < 1.29 is 9.53 Å². The first-order valence-corrected chi connectivity index (χ1v) is 12.5. The van der Waals surface area contributed by atoms with Gasteiger partial charge in [0, 0.05) is 43.2 Å². The Kier molecular flexibility index (Phi) is 12.6. The number of benzene rings is 2. The first-order valence-electron chi connectivity index (χ1n) is 11.8. The number of piperazine rings is 1. The van der Waals surface area contributed by atoms with Gasteiger partial charge in [0.05, 0.1) is 18.7 Å². The molecule has 0 radical (unpaired) electrons. The average molecular weight is 563 g/mol. The Morgan fingerprint density at radius 2 is 1.51 bits per heavy atom. The minimum Gasteiger partial charge on any atom is -0.382 e. The molecule has 2 aromatic rings. The van der Waals surface area contributed by atoms with Crippen LogP contribution in [0.25, 0.3) is 0 Å². The largest absolute Gasteiger partial charge is 0.382 e. The van der Waals surface area contributed by atoms with Crippen LogP contribution < -0.4 is 5.32 Å². The molecule has 0 unspecified atom stereocenters. The number of methoxy groups -OCH3 is 1. The normalized spacial score (nSPS) is 19.2. The van der Waals surface area contributed by atoms with E-state index in [4.69, 9.17) is 27.9 Å². The highest BCUT2D eigenvalue weighted by atomic mass is 35.5. The third-order valence-corrected chi connectivity index (χ3v) is 7.36. The van der Waals surface area contributed by atoms with Gasteiger partial charge in [0.1, 0.15) is 0 Å². The molecule has 4 rings (SSSR count). The standard InChI is InChI=1S/C26H33Cl2N3O2.2ClH/c1-33-18-24-17-30(14-15-31(24)25(32)16-19-10-12-29-13-11-19)26(20-2-6-22(27)7-3-20)21-4-8-23(28)9-5-21;;/h2-9,19,24,26,29H,10-18H2,1H3;2*1H/t24-;;/m1../s1. The van der Waals surface area contributed by atoms with Crippen LogP contribution >= 0.6 is 48.0 Å². The highest BCUT2D eigenvalue weighted by molar-refractivity contribution is 6.30. The number of ether oxygens (including phenoxy) is 1. The SMILES string of the molecule is COC[C@H]1CN(C(c2ccc(Cl)cc2)c2ccc(Cl)cc2)CCN1C(=O)CC1CCNCC1.Cl.Cl. The maximum atomic E-state index is 13.2. The molecule has 0 aliphatic carbocycles. The molecule has 0 bridgehead atoms. The fourth-order valence-electron chi connectivity index (χ4n) is 5.13. The summed E-state index contributed by atoms with van der Waals surface area (Å²) in [6.07, 6.45) is 2.80. The number of hydrogen-bond acceptors (Lipinski definition) is 4. The van der Waals surface area contributed by atoms with E-state index in [2.05, 4.69) is 39.4 Å². The van der Waals surface area contributed by atoms with Crippen LogP contribution in [0.5, 0.6) is 0 Å². The molecule has 2 saturated heterocycles. The molecule has 1 amide bonds. The average Bonchev–Trinajstić information content (AvgIpc) is 2.83. The van der Waals surface area contributed by atoms with E-state index in [9.17, 15) is 4.79 Å². The molecule has 2 fully saturated rings. The minimum absolute atomic E-state index is 0. The van der Waals surface area contributed by atoms with Crippen molar-refractivity contribution in [2.45, 2.75) is 31.3 Å². The van der Waals surface area contributed by atoms with Gasteiger partial charge in [-0.2, -0.15) is 0 Å². The van der Waals surface area contributed by atoms with Gasteiger partial charge in [0.15, 0.2) is 0 Å². The molecule has 0 aromatic heterocycles. The lowest BCUT2D eigenvalue weighted by Crippen LogP contribution is -2.57. The maximum absolute atomic E-state index is 13.2. The first kappa shape index (κ1) is 30.2. The lowest BCUT2D eigenvalue weighted by Gasteiger charge is -2.45. The fourth-order valence-corrected chi connectivity index (χ4v) is 5.38. The van der Waals surface area contributed by atoms with Crippen molar-refractivity contribution in [2.24, 2.45) is 5.92 Å². The molecule has 1 N–H and O–H groups in total. The number of halogens is 4. The van der Waals surface area contributed by atoms with Crippen molar-refractivity contribution in [3.8, 4) is 0 Å². The number of carbonyl (C=O) groups is 1. The van der Waals surface area contributed by atoms with E-state index < -0.39 is 0 Å². The molecule has 194 valence electrons. The molecule has 5 nitrogen and oxygen atoms in total. The van der Waals surface area contributed by atoms with Crippen LogP contribution in [-0.4, -0.2) is 68.2 Å². The van der Waals surface area contributed by atoms with Crippen molar-refractivity contribution in [3.05, 3.63) is 69.7 Å². The highest BCUT2D eigenvalue weighted by Gasteiger charge is 2.35. The molecular formula is C26H35Cl4N3O2. The summed E-state index contributed by atoms with van der Waals surface area (Å²) in [5.41, 5.74) is 2.35. The number of piperidine rings is 1. The van der Waals surface area contributed by atoms with Crippen molar-refractivity contribution in [1.82, 2.24) is 15.1 Å². The molecule has 1 atom stereocenters. The van der Waals surface area contributed by atoms with Crippen LogP contribution in [0.2, 0.25) is 10.0 Å². The van der Waals surface area contributed by atoms with Crippen LogP contribution in [0.1, 0.15) is 36.4 Å². The van der Waals surface area contributed by atoms with E-state index in [1.807, 2.05) is 24.3 Å². The van der Waals surface area contributed by atoms with Gasteiger partial charge >= 0.3 is 0 Å². The van der Waals surface area contributed by atoms with Gasteiger partial charge in [-0.05, 0) is 67.2 Å². The lowest BCUT2D eigenvalue weighted by molar-refractivity contribution is -0.139. The van der Waals surface area contributed by atoms with Crippen LogP contribution in [0.15, 0.2) is 48.5 Å². The van der Waals surface area contributed by atoms with Crippen molar-refractivity contribution in [2.75, 3.05) is 46.4 Å². The maximum Gasteiger partial charge on any atom is 0.223 e. The smallest absolute Gasteiger partial charge is 0.223 e. The molecule has 2 heterocycles. The molecular weight excluding hydrogens is 528 g/mol. The van der Waals surface area contributed by atoms with Gasteiger partial charge in [-0.15, -0.1) is 24.8 Å². The second kappa shape index (κ2) is 14.6. The molecule has 2 aromatic carbocycles. The van der Waals surface area contributed by atoms with E-state index in [1.54, 1.807) is 7.11 Å². The quantitative estimate of drug-likeness (QED) is 0.485. The Labute approximate surface area is 231 Å². The van der Waals surface area contributed by atoms with Gasteiger partial charge < -0.3 is 15.0 Å². The zero-order valence-corrected chi connectivity index (χ0v) is 23.1. The number of amides is 1.